The molecule has 17 heavy (non-hydrogen) atoms. The molecule has 4 saturated carbocycles. The van der Waals surface area contributed by atoms with Crippen molar-refractivity contribution >= 4 is 0 Å². The predicted octanol–water partition coefficient (Wildman–Crippen LogP) is 3.33. The van der Waals surface area contributed by atoms with Crippen LogP contribution >= 0.6 is 0 Å². The molecular formula is C16H25N. The third kappa shape index (κ3) is 2.02. The van der Waals surface area contributed by atoms with Gasteiger partial charge in [0.15, 0.2) is 0 Å². The second kappa shape index (κ2) is 4.32. The van der Waals surface area contributed by atoms with E-state index in [-0.39, 0.29) is 0 Å². The van der Waals surface area contributed by atoms with E-state index >= 15 is 0 Å². The summed E-state index contributed by atoms with van der Waals surface area (Å²) in [6.45, 7) is 1.93. The quantitative estimate of drug-likeness (QED) is 0.741. The smallest absolute Gasteiger partial charge is 0.0105 e. The van der Waals surface area contributed by atoms with Crippen LogP contribution in [-0.4, -0.2) is 6.04 Å². The van der Waals surface area contributed by atoms with E-state index in [1.54, 1.807) is 0 Å². The molecule has 2 N–H and O–H groups in total. The summed E-state index contributed by atoms with van der Waals surface area (Å²) in [6, 6.07) is 0.414. The fraction of sp³-hybridized carbons (Fsp3) is 0.875. The summed E-state index contributed by atoms with van der Waals surface area (Å²) in [6.07, 6.45) is 11.0. The first-order valence-electron chi connectivity index (χ1n) is 7.37. The zero-order valence-electron chi connectivity index (χ0n) is 11.0. The Morgan fingerprint density at radius 3 is 2.12 bits per heavy atom. The first-order valence-corrected chi connectivity index (χ1v) is 7.37. The van der Waals surface area contributed by atoms with Gasteiger partial charge in [0.25, 0.3) is 0 Å². The second-order valence-corrected chi connectivity index (χ2v) is 6.85. The topological polar surface area (TPSA) is 26.0 Å². The minimum absolute atomic E-state index is 0.414. The van der Waals surface area contributed by atoms with Crippen molar-refractivity contribution in [3.63, 3.8) is 0 Å². The molecule has 4 rings (SSSR count). The SMILES string of the molecule is CC#CCCC(N)C12CC3CC(CC(C3)C1)C2. The summed E-state index contributed by atoms with van der Waals surface area (Å²) in [7, 11) is 0. The highest BCUT2D eigenvalue weighted by atomic mass is 14.7. The molecule has 0 amide bonds. The molecule has 0 saturated heterocycles. The lowest BCUT2D eigenvalue weighted by Gasteiger charge is -2.59. The molecule has 4 bridgehead atoms. The summed E-state index contributed by atoms with van der Waals surface area (Å²) in [5.74, 6) is 9.23. The molecule has 0 radical (unpaired) electrons. The molecule has 4 fully saturated rings. The maximum Gasteiger partial charge on any atom is 0.0105 e. The third-order valence-corrected chi connectivity index (χ3v) is 5.63. The van der Waals surface area contributed by atoms with Crippen molar-refractivity contribution in [3.8, 4) is 11.8 Å². The Labute approximate surface area is 106 Å². The average molecular weight is 231 g/mol. The van der Waals surface area contributed by atoms with E-state index in [4.69, 9.17) is 5.73 Å². The Hall–Kier alpha value is -0.480. The predicted molar refractivity (Wildman–Crippen MR) is 71.3 cm³/mol. The number of rotatable bonds is 3. The van der Waals surface area contributed by atoms with Crippen molar-refractivity contribution in [1.29, 1.82) is 0 Å². The lowest BCUT2D eigenvalue weighted by atomic mass is 9.47. The van der Waals surface area contributed by atoms with Crippen LogP contribution in [0, 0.1) is 35.0 Å². The van der Waals surface area contributed by atoms with Gasteiger partial charge in [0.1, 0.15) is 0 Å². The van der Waals surface area contributed by atoms with Crippen LogP contribution in [-0.2, 0) is 0 Å². The molecule has 4 aliphatic carbocycles. The molecule has 1 nitrogen and oxygen atoms in total. The van der Waals surface area contributed by atoms with E-state index in [2.05, 4.69) is 11.8 Å². The van der Waals surface area contributed by atoms with E-state index in [9.17, 15) is 0 Å². The molecule has 1 unspecified atom stereocenters. The molecule has 94 valence electrons. The van der Waals surface area contributed by atoms with Crippen LogP contribution in [0.1, 0.15) is 58.3 Å². The molecule has 0 aromatic carbocycles. The first kappa shape index (κ1) is 11.6. The number of hydrogen-bond acceptors (Lipinski definition) is 1. The van der Waals surface area contributed by atoms with Crippen molar-refractivity contribution in [3.05, 3.63) is 0 Å². The highest BCUT2D eigenvalue weighted by molar-refractivity contribution is 5.06. The van der Waals surface area contributed by atoms with E-state index < -0.39 is 0 Å². The van der Waals surface area contributed by atoms with Crippen molar-refractivity contribution in [2.24, 2.45) is 28.9 Å². The minimum Gasteiger partial charge on any atom is -0.327 e. The lowest BCUT2D eigenvalue weighted by molar-refractivity contribution is -0.0679. The Balaban J connectivity index is 1.70. The summed E-state index contributed by atoms with van der Waals surface area (Å²) < 4.78 is 0. The molecule has 1 heteroatoms. The Morgan fingerprint density at radius 1 is 1.12 bits per heavy atom. The standard InChI is InChI=1S/C16H25N/c1-2-3-4-5-15(17)16-9-12-6-13(10-16)8-14(7-12)11-16/h12-15H,4-11,17H2,1H3. The average Bonchev–Trinajstić information content (AvgIpc) is 2.27. The molecule has 0 aliphatic heterocycles. The van der Waals surface area contributed by atoms with Gasteiger partial charge in [-0.15, -0.1) is 11.8 Å². The molecule has 0 aromatic heterocycles. The zero-order valence-corrected chi connectivity index (χ0v) is 11.0. The Bertz CT molecular complexity index is 311. The summed E-state index contributed by atoms with van der Waals surface area (Å²) in [4.78, 5) is 0. The zero-order chi connectivity index (χ0) is 11.9. The number of hydrogen-bond donors (Lipinski definition) is 1. The monoisotopic (exact) mass is 231 g/mol. The van der Waals surface area contributed by atoms with Crippen LogP contribution in [0.15, 0.2) is 0 Å². The van der Waals surface area contributed by atoms with Crippen molar-refractivity contribution in [1.82, 2.24) is 0 Å². The van der Waals surface area contributed by atoms with Crippen LogP contribution in [0.5, 0.6) is 0 Å². The van der Waals surface area contributed by atoms with Crippen molar-refractivity contribution in [2.75, 3.05) is 0 Å². The first-order chi connectivity index (χ1) is 8.22. The molecule has 0 spiro atoms. The lowest BCUT2D eigenvalue weighted by Crippen LogP contribution is -2.54. The molecule has 1 atom stereocenters. The van der Waals surface area contributed by atoms with Gasteiger partial charge in [-0.05, 0) is 75.0 Å². The van der Waals surface area contributed by atoms with Crippen LogP contribution in [0.3, 0.4) is 0 Å². The van der Waals surface area contributed by atoms with Gasteiger partial charge in [-0.3, -0.25) is 0 Å². The van der Waals surface area contributed by atoms with Gasteiger partial charge in [-0.1, -0.05) is 0 Å². The van der Waals surface area contributed by atoms with Crippen molar-refractivity contribution in [2.45, 2.75) is 64.3 Å². The van der Waals surface area contributed by atoms with E-state index in [0.29, 0.717) is 11.5 Å². The third-order valence-electron chi connectivity index (χ3n) is 5.63. The Morgan fingerprint density at radius 2 is 1.65 bits per heavy atom. The van der Waals surface area contributed by atoms with Crippen LogP contribution in [0.25, 0.3) is 0 Å². The van der Waals surface area contributed by atoms with Crippen LogP contribution < -0.4 is 5.73 Å². The van der Waals surface area contributed by atoms with E-state index in [0.717, 1.165) is 30.6 Å². The normalized spacial score (nSPS) is 44.2. The van der Waals surface area contributed by atoms with Gasteiger partial charge < -0.3 is 5.73 Å². The largest absolute Gasteiger partial charge is 0.327 e. The fourth-order valence-corrected chi connectivity index (χ4v) is 5.29. The number of nitrogens with two attached hydrogens (primary N) is 1. The fourth-order valence-electron chi connectivity index (χ4n) is 5.29. The van der Waals surface area contributed by atoms with E-state index in [1.807, 2.05) is 6.92 Å². The molecular weight excluding hydrogens is 206 g/mol. The molecule has 0 aromatic rings. The van der Waals surface area contributed by atoms with Gasteiger partial charge in [-0.2, -0.15) is 0 Å². The van der Waals surface area contributed by atoms with Gasteiger partial charge in [0.05, 0.1) is 0 Å². The summed E-state index contributed by atoms with van der Waals surface area (Å²) in [5.41, 5.74) is 7.06. The molecule has 0 heterocycles. The van der Waals surface area contributed by atoms with Crippen LogP contribution in [0.2, 0.25) is 0 Å². The summed E-state index contributed by atoms with van der Waals surface area (Å²) >= 11 is 0. The van der Waals surface area contributed by atoms with Crippen LogP contribution in [0.4, 0.5) is 0 Å². The highest BCUT2D eigenvalue weighted by Gasteiger charge is 2.52. The van der Waals surface area contributed by atoms with Gasteiger partial charge >= 0.3 is 0 Å². The maximum absolute atomic E-state index is 6.55. The van der Waals surface area contributed by atoms with Crippen molar-refractivity contribution < 1.29 is 0 Å². The van der Waals surface area contributed by atoms with Gasteiger partial charge in [0, 0.05) is 12.5 Å². The Kier molecular flexibility index (Phi) is 2.95. The molecule has 4 aliphatic rings. The van der Waals surface area contributed by atoms with E-state index in [1.165, 1.54) is 38.5 Å². The van der Waals surface area contributed by atoms with Gasteiger partial charge in [-0.25, -0.2) is 0 Å². The highest BCUT2D eigenvalue weighted by Crippen LogP contribution is 2.61. The summed E-state index contributed by atoms with van der Waals surface area (Å²) in [5, 5.41) is 0. The minimum atomic E-state index is 0.414. The second-order valence-electron chi connectivity index (χ2n) is 6.85. The van der Waals surface area contributed by atoms with Gasteiger partial charge in [0.2, 0.25) is 0 Å². The maximum atomic E-state index is 6.55.